The van der Waals surface area contributed by atoms with Crippen LogP contribution in [0.2, 0.25) is 0 Å². The first-order chi connectivity index (χ1) is 14.0. The van der Waals surface area contributed by atoms with E-state index in [-0.39, 0.29) is 29.2 Å². The van der Waals surface area contributed by atoms with Gasteiger partial charge in [-0.2, -0.15) is 0 Å². The second-order valence-electron chi connectivity index (χ2n) is 8.07. The van der Waals surface area contributed by atoms with Gasteiger partial charge in [-0.3, -0.25) is 9.59 Å². The number of carbonyl (C=O) groups is 2. The molecule has 1 aromatic heterocycles. The molecule has 7 nitrogen and oxygen atoms in total. The lowest BCUT2D eigenvalue weighted by atomic mass is 10.1. The van der Waals surface area contributed by atoms with Crippen LogP contribution in [0.4, 0.5) is 4.39 Å². The van der Waals surface area contributed by atoms with E-state index in [1.54, 1.807) is 23.7 Å². The average Bonchev–Trinajstić information content (AvgIpc) is 3.43. The standard InChI is InChI=1S/C21H26FN5O2/c1-14-20(24-25-27(14)13-15-6-8-17(22)9-7-15)21(29)23-11-16-10-19(28)26(12-16)18-4-2-3-5-18/h6-9,16,18H,2-5,10-13H2,1H3,(H,23,29). The summed E-state index contributed by atoms with van der Waals surface area (Å²) in [6.45, 7) is 3.39. The highest BCUT2D eigenvalue weighted by Gasteiger charge is 2.35. The molecule has 1 saturated heterocycles. The van der Waals surface area contributed by atoms with Crippen molar-refractivity contribution >= 4 is 11.8 Å². The van der Waals surface area contributed by atoms with Gasteiger partial charge in [0.1, 0.15) is 5.82 Å². The summed E-state index contributed by atoms with van der Waals surface area (Å²) in [6.07, 6.45) is 5.08. The van der Waals surface area contributed by atoms with Gasteiger partial charge >= 0.3 is 0 Å². The minimum Gasteiger partial charge on any atom is -0.350 e. The normalized spacial score (nSPS) is 19.9. The van der Waals surface area contributed by atoms with E-state index in [1.165, 1.54) is 25.0 Å². The van der Waals surface area contributed by atoms with E-state index < -0.39 is 0 Å². The molecule has 2 aromatic rings. The van der Waals surface area contributed by atoms with Crippen LogP contribution < -0.4 is 5.32 Å². The minimum atomic E-state index is -0.291. The van der Waals surface area contributed by atoms with Gasteiger partial charge in [0.05, 0.1) is 12.2 Å². The van der Waals surface area contributed by atoms with Crippen LogP contribution in [0.15, 0.2) is 24.3 Å². The highest BCUT2D eigenvalue weighted by molar-refractivity contribution is 5.93. The third kappa shape index (κ3) is 4.31. The highest BCUT2D eigenvalue weighted by atomic mass is 19.1. The van der Waals surface area contributed by atoms with Crippen LogP contribution >= 0.6 is 0 Å². The Morgan fingerprint density at radius 1 is 1.24 bits per heavy atom. The number of nitrogens with zero attached hydrogens (tertiary/aromatic N) is 4. The molecule has 1 aliphatic carbocycles. The molecule has 0 radical (unpaired) electrons. The Morgan fingerprint density at radius 3 is 2.69 bits per heavy atom. The predicted octanol–water partition coefficient (Wildman–Crippen LogP) is 2.29. The summed E-state index contributed by atoms with van der Waals surface area (Å²) in [6, 6.07) is 6.55. The maximum Gasteiger partial charge on any atom is 0.273 e. The molecule has 29 heavy (non-hydrogen) atoms. The van der Waals surface area contributed by atoms with Crippen molar-refractivity contribution in [2.75, 3.05) is 13.1 Å². The Hall–Kier alpha value is -2.77. The largest absolute Gasteiger partial charge is 0.350 e. The molecule has 1 atom stereocenters. The van der Waals surface area contributed by atoms with Crippen LogP contribution in [0.3, 0.4) is 0 Å². The van der Waals surface area contributed by atoms with Gasteiger partial charge in [0.15, 0.2) is 5.69 Å². The van der Waals surface area contributed by atoms with Crippen molar-refractivity contribution < 1.29 is 14.0 Å². The molecule has 1 aliphatic heterocycles. The Morgan fingerprint density at radius 2 is 1.97 bits per heavy atom. The Bertz CT molecular complexity index is 889. The average molecular weight is 399 g/mol. The van der Waals surface area contributed by atoms with E-state index >= 15 is 0 Å². The van der Waals surface area contributed by atoms with E-state index in [4.69, 9.17) is 0 Å². The first-order valence-corrected chi connectivity index (χ1v) is 10.2. The van der Waals surface area contributed by atoms with Crippen molar-refractivity contribution in [1.82, 2.24) is 25.2 Å². The lowest BCUT2D eigenvalue weighted by molar-refractivity contribution is -0.129. The van der Waals surface area contributed by atoms with Crippen LogP contribution in [0, 0.1) is 18.7 Å². The third-order valence-corrected chi connectivity index (χ3v) is 6.00. The van der Waals surface area contributed by atoms with Gasteiger partial charge < -0.3 is 10.2 Å². The smallest absolute Gasteiger partial charge is 0.273 e. The topological polar surface area (TPSA) is 80.1 Å². The van der Waals surface area contributed by atoms with E-state index in [2.05, 4.69) is 15.6 Å². The zero-order valence-electron chi connectivity index (χ0n) is 16.6. The molecule has 154 valence electrons. The monoisotopic (exact) mass is 399 g/mol. The quantitative estimate of drug-likeness (QED) is 0.808. The zero-order chi connectivity index (χ0) is 20.4. The van der Waals surface area contributed by atoms with Crippen molar-refractivity contribution in [2.24, 2.45) is 5.92 Å². The fourth-order valence-electron chi connectivity index (χ4n) is 4.32. The molecule has 2 heterocycles. The van der Waals surface area contributed by atoms with Gasteiger partial charge in [0.2, 0.25) is 5.91 Å². The van der Waals surface area contributed by atoms with E-state index in [1.807, 2.05) is 4.90 Å². The SMILES string of the molecule is Cc1c(C(=O)NCC2CC(=O)N(C3CCCC3)C2)nnn1Cc1ccc(F)cc1. The molecular weight excluding hydrogens is 373 g/mol. The second kappa shape index (κ2) is 8.31. The molecule has 1 N–H and O–H groups in total. The number of carbonyl (C=O) groups excluding carboxylic acids is 2. The number of likely N-dealkylation sites (tertiary alicyclic amines) is 1. The van der Waals surface area contributed by atoms with Gasteiger partial charge in [0.25, 0.3) is 5.91 Å². The fraction of sp³-hybridized carbons (Fsp3) is 0.524. The zero-order valence-corrected chi connectivity index (χ0v) is 16.6. The summed E-state index contributed by atoms with van der Waals surface area (Å²) >= 11 is 0. The van der Waals surface area contributed by atoms with E-state index in [0.29, 0.717) is 31.2 Å². The van der Waals surface area contributed by atoms with Crippen molar-refractivity contribution in [3.63, 3.8) is 0 Å². The first kappa shape index (κ1) is 19.5. The van der Waals surface area contributed by atoms with Crippen LogP contribution in [0.5, 0.6) is 0 Å². The molecule has 2 amide bonds. The molecule has 8 heteroatoms. The van der Waals surface area contributed by atoms with Crippen LogP contribution in [0.25, 0.3) is 0 Å². The van der Waals surface area contributed by atoms with Gasteiger partial charge in [-0.1, -0.05) is 30.2 Å². The number of hydrogen-bond donors (Lipinski definition) is 1. The van der Waals surface area contributed by atoms with Crippen molar-refractivity contribution in [3.05, 3.63) is 47.0 Å². The summed E-state index contributed by atoms with van der Waals surface area (Å²) in [5.74, 6) is -0.222. The first-order valence-electron chi connectivity index (χ1n) is 10.2. The van der Waals surface area contributed by atoms with Gasteiger partial charge in [-0.15, -0.1) is 5.10 Å². The minimum absolute atomic E-state index is 0.140. The lowest BCUT2D eigenvalue weighted by Gasteiger charge is -2.24. The van der Waals surface area contributed by atoms with Crippen LogP contribution in [-0.4, -0.2) is 50.8 Å². The predicted molar refractivity (Wildman–Crippen MR) is 105 cm³/mol. The number of benzene rings is 1. The van der Waals surface area contributed by atoms with Gasteiger partial charge in [-0.25, -0.2) is 9.07 Å². The number of hydrogen-bond acceptors (Lipinski definition) is 4. The molecule has 4 rings (SSSR count). The van der Waals surface area contributed by atoms with Crippen molar-refractivity contribution in [1.29, 1.82) is 0 Å². The molecule has 1 unspecified atom stereocenters. The maximum atomic E-state index is 13.1. The summed E-state index contributed by atoms with van der Waals surface area (Å²) in [4.78, 5) is 26.9. The Labute approximate surface area is 169 Å². The molecule has 0 bridgehead atoms. The highest BCUT2D eigenvalue weighted by Crippen LogP contribution is 2.29. The maximum absolute atomic E-state index is 13.1. The molecule has 2 aliphatic rings. The number of halogens is 1. The third-order valence-electron chi connectivity index (χ3n) is 6.00. The van der Waals surface area contributed by atoms with Crippen molar-refractivity contribution in [3.8, 4) is 0 Å². The molecule has 1 aromatic carbocycles. The Kier molecular flexibility index (Phi) is 5.60. The second-order valence-corrected chi connectivity index (χ2v) is 8.07. The fourth-order valence-corrected chi connectivity index (χ4v) is 4.32. The van der Waals surface area contributed by atoms with Gasteiger partial charge in [0, 0.05) is 31.5 Å². The molecule has 1 saturated carbocycles. The van der Waals surface area contributed by atoms with Crippen molar-refractivity contribution in [2.45, 2.75) is 51.6 Å². The van der Waals surface area contributed by atoms with E-state index in [9.17, 15) is 14.0 Å². The Balaban J connectivity index is 1.32. The summed E-state index contributed by atoms with van der Waals surface area (Å²) < 4.78 is 14.7. The summed E-state index contributed by atoms with van der Waals surface area (Å²) in [7, 11) is 0. The number of nitrogens with one attached hydrogen (secondary N) is 1. The van der Waals surface area contributed by atoms with Crippen LogP contribution in [-0.2, 0) is 11.3 Å². The lowest BCUT2D eigenvalue weighted by Crippen LogP contribution is -2.36. The molecular formula is C21H26FN5O2. The number of rotatable bonds is 6. The summed E-state index contributed by atoms with van der Waals surface area (Å²) in [5.41, 5.74) is 1.81. The summed E-state index contributed by atoms with van der Waals surface area (Å²) in [5, 5.41) is 11.0. The molecule has 2 fully saturated rings. The van der Waals surface area contributed by atoms with Crippen LogP contribution in [0.1, 0.15) is 53.8 Å². The number of amides is 2. The number of aromatic nitrogens is 3. The molecule has 0 spiro atoms. The van der Waals surface area contributed by atoms with Gasteiger partial charge in [-0.05, 0) is 37.5 Å². The van der Waals surface area contributed by atoms with E-state index in [0.717, 1.165) is 24.9 Å².